The van der Waals surface area contributed by atoms with Crippen LogP contribution in [0.5, 0.6) is 0 Å². The predicted octanol–water partition coefficient (Wildman–Crippen LogP) is 5.05. The molecule has 1 aromatic carbocycles. The van der Waals surface area contributed by atoms with Crippen LogP contribution in [0.4, 0.5) is 19.0 Å². The summed E-state index contributed by atoms with van der Waals surface area (Å²) in [5.41, 5.74) is -0.570. The van der Waals surface area contributed by atoms with Crippen LogP contribution < -0.4 is 5.32 Å². The molecule has 10 heteroatoms. The number of aryl methyl sites for hydroxylation is 1. The summed E-state index contributed by atoms with van der Waals surface area (Å²) < 4.78 is 39.7. The van der Waals surface area contributed by atoms with Gasteiger partial charge in [0.05, 0.1) is 5.41 Å². The standard InChI is InChI=1S/C23H24F3N5OS/c1-14-29-30-21(33-14)16-2-3-17-12-27-19(11-18(17)10-16)28-20(32)15-4-8-31(9-5-15)13-22(6-7-22)23(24,25)26/h2-3,10-12,15H,4-9,13H2,1H3,(H,27,28,32). The third-order valence-corrected chi connectivity index (χ3v) is 7.57. The molecule has 6 nitrogen and oxygen atoms in total. The normalized spacial score (nSPS) is 19.0. The molecule has 0 bridgehead atoms. The van der Waals surface area contributed by atoms with Crippen LogP contribution in [-0.2, 0) is 4.79 Å². The SMILES string of the molecule is Cc1nnc(-c2ccc3cnc(NC(=O)C4CCN(CC5(C(F)(F)F)CC5)CC4)cc3c2)s1. The molecule has 1 aliphatic heterocycles. The van der Waals surface area contributed by atoms with E-state index in [1.165, 1.54) is 11.3 Å². The van der Waals surface area contributed by atoms with Gasteiger partial charge >= 0.3 is 6.18 Å². The van der Waals surface area contributed by atoms with E-state index < -0.39 is 11.6 Å². The number of benzene rings is 1. The van der Waals surface area contributed by atoms with Crippen LogP contribution in [0.15, 0.2) is 30.5 Å². The summed E-state index contributed by atoms with van der Waals surface area (Å²) >= 11 is 1.52. The first-order valence-electron chi connectivity index (χ1n) is 11.0. The number of halogens is 3. The Bertz CT molecular complexity index is 1180. The van der Waals surface area contributed by atoms with Crippen LogP contribution in [0.25, 0.3) is 21.3 Å². The average Bonchev–Trinajstić information content (AvgIpc) is 3.45. The van der Waals surface area contributed by atoms with Crippen molar-refractivity contribution in [2.45, 2.75) is 38.8 Å². The highest BCUT2D eigenvalue weighted by Crippen LogP contribution is 2.58. The maximum absolute atomic E-state index is 13.2. The maximum atomic E-state index is 13.2. The lowest BCUT2D eigenvalue weighted by atomic mass is 9.94. The Labute approximate surface area is 193 Å². The number of carbonyl (C=O) groups excluding carboxylic acids is 1. The summed E-state index contributed by atoms with van der Waals surface area (Å²) in [6, 6.07) is 7.77. The highest BCUT2D eigenvalue weighted by Gasteiger charge is 2.63. The Morgan fingerprint density at radius 1 is 1.18 bits per heavy atom. The lowest BCUT2D eigenvalue weighted by Gasteiger charge is -2.34. The third-order valence-electron chi connectivity index (χ3n) is 6.69. The van der Waals surface area contributed by atoms with Crippen molar-refractivity contribution < 1.29 is 18.0 Å². The number of pyridine rings is 1. The van der Waals surface area contributed by atoms with Gasteiger partial charge in [0.15, 0.2) is 0 Å². The van der Waals surface area contributed by atoms with Gasteiger partial charge in [-0.3, -0.25) is 4.79 Å². The number of piperidine rings is 1. The van der Waals surface area contributed by atoms with Crippen molar-refractivity contribution in [1.29, 1.82) is 0 Å². The Kier molecular flexibility index (Phi) is 5.60. The van der Waals surface area contributed by atoms with Crippen molar-refractivity contribution in [3.63, 3.8) is 0 Å². The van der Waals surface area contributed by atoms with E-state index >= 15 is 0 Å². The van der Waals surface area contributed by atoms with Gasteiger partial charge in [-0.15, -0.1) is 10.2 Å². The van der Waals surface area contributed by atoms with Gasteiger partial charge in [-0.05, 0) is 63.2 Å². The van der Waals surface area contributed by atoms with Crippen LogP contribution in [0, 0.1) is 18.3 Å². The number of alkyl halides is 3. The van der Waals surface area contributed by atoms with Crippen molar-refractivity contribution in [3.05, 3.63) is 35.5 Å². The molecular weight excluding hydrogens is 451 g/mol. The summed E-state index contributed by atoms with van der Waals surface area (Å²) in [5.74, 6) is 0.111. The minimum Gasteiger partial charge on any atom is -0.310 e. The molecule has 1 amide bonds. The van der Waals surface area contributed by atoms with E-state index in [9.17, 15) is 18.0 Å². The van der Waals surface area contributed by atoms with E-state index in [0.29, 0.717) is 31.7 Å². The molecule has 1 aliphatic carbocycles. The molecule has 2 aromatic heterocycles. The minimum absolute atomic E-state index is 0.0492. The molecule has 0 radical (unpaired) electrons. The second-order valence-electron chi connectivity index (χ2n) is 9.08. The summed E-state index contributed by atoms with van der Waals surface area (Å²) in [4.78, 5) is 19.0. The molecule has 174 valence electrons. The molecule has 2 aliphatic rings. The fraction of sp³-hybridized carbons (Fsp3) is 0.478. The number of anilines is 1. The average molecular weight is 476 g/mol. The Morgan fingerprint density at radius 2 is 1.94 bits per heavy atom. The van der Waals surface area contributed by atoms with Crippen LogP contribution in [0.2, 0.25) is 0 Å². The van der Waals surface area contributed by atoms with Gasteiger partial charge in [0.1, 0.15) is 15.8 Å². The lowest BCUT2D eigenvalue weighted by Crippen LogP contribution is -2.44. The molecule has 0 unspecified atom stereocenters. The van der Waals surface area contributed by atoms with Crippen LogP contribution >= 0.6 is 11.3 Å². The van der Waals surface area contributed by atoms with Gasteiger partial charge < -0.3 is 10.2 Å². The first-order valence-corrected chi connectivity index (χ1v) is 11.8. The fourth-order valence-electron chi connectivity index (χ4n) is 4.45. The first kappa shape index (κ1) is 22.2. The number of nitrogens with zero attached hydrogens (tertiary/aromatic N) is 4. The quantitative estimate of drug-likeness (QED) is 0.559. The largest absolute Gasteiger partial charge is 0.395 e. The Hall–Kier alpha value is -2.59. The maximum Gasteiger partial charge on any atom is 0.395 e. The number of hydrogen-bond acceptors (Lipinski definition) is 6. The smallest absolute Gasteiger partial charge is 0.310 e. The van der Waals surface area contributed by atoms with E-state index in [-0.39, 0.29) is 31.2 Å². The summed E-state index contributed by atoms with van der Waals surface area (Å²) in [5, 5.41) is 14.8. The molecule has 1 N–H and O–H groups in total. The molecular formula is C23H24F3N5OS. The molecule has 33 heavy (non-hydrogen) atoms. The number of rotatable bonds is 5. The topological polar surface area (TPSA) is 71.0 Å². The van der Waals surface area contributed by atoms with Gasteiger partial charge in [0, 0.05) is 29.6 Å². The highest BCUT2D eigenvalue weighted by atomic mass is 32.1. The third kappa shape index (κ3) is 4.59. The summed E-state index contributed by atoms with van der Waals surface area (Å²) in [6.45, 7) is 2.97. The van der Waals surface area contributed by atoms with Crippen molar-refractivity contribution in [3.8, 4) is 10.6 Å². The van der Waals surface area contributed by atoms with E-state index in [0.717, 1.165) is 26.4 Å². The molecule has 3 aromatic rings. The zero-order valence-corrected chi connectivity index (χ0v) is 19.0. The Balaban J connectivity index is 1.21. The van der Waals surface area contributed by atoms with Gasteiger partial charge in [-0.1, -0.05) is 23.5 Å². The second-order valence-corrected chi connectivity index (χ2v) is 10.3. The van der Waals surface area contributed by atoms with Crippen molar-refractivity contribution in [2.75, 3.05) is 25.0 Å². The van der Waals surface area contributed by atoms with Crippen molar-refractivity contribution >= 4 is 33.8 Å². The number of likely N-dealkylation sites (tertiary alicyclic amines) is 1. The molecule has 1 saturated carbocycles. The Morgan fingerprint density at radius 3 is 2.58 bits per heavy atom. The number of fused-ring (bicyclic) bond motifs is 1. The second kappa shape index (κ2) is 8.32. The van der Waals surface area contributed by atoms with Gasteiger partial charge in [-0.25, -0.2) is 4.98 Å². The number of hydrogen-bond donors (Lipinski definition) is 1. The van der Waals surface area contributed by atoms with E-state index in [4.69, 9.17) is 0 Å². The molecule has 0 spiro atoms. The van der Waals surface area contributed by atoms with E-state index in [2.05, 4.69) is 20.5 Å². The van der Waals surface area contributed by atoms with Crippen molar-refractivity contribution in [2.24, 2.45) is 11.3 Å². The zero-order chi connectivity index (χ0) is 23.2. The molecule has 5 rings (SSSR count). The molecule has 0 atom stereocenters. The number of aromatic nitrogens is 3. The first-order chi connectivity index (χ1) is 15.7. The van der Waals surface area contributed by atoms with E-state index in [1.54, 1.807) is 6.20 Å². The zero-order valence-electron chi connectivity index (χ0n) is 18.2. The van der Waals surface area contributed by atoms with Crippen LogP contribution in [0.1, 0.15) is 30.7 Å². The summed E-state index contributed by atoms with van der Waals surface area (Å²) in [6.07, 6.45) is -0.899. The monoisotopic (exact) mass is 475 g/mol. The summed E-state index contributed by atoms with van der Waals surface area (Å²) in [7, 11) is 0. The van der Waals surface area contributed by atoms with E-state index in [1.807, 2.05) is 36.1 Å². The van der Waals surface area contributed by atoms with Gasteiger partial charge in [0.25, 0.3) is 0 Å². The van der Waals surface area contributed by atoms with Crippen molar-refractivity contribution in [1.82, 2.24) is 20.1 Å². The van der Waals surface area contributed by atoms with Gasteiger partial charge in [-0.2, -0.15) is 13.2 Å². The highest BCUT2D eigenvalue weighted by molar-refractivity contribution is 7.14. The van der Waals surface area contributed by atoms with Crippen LogP contribution in [-0.4, -0.2) is 51.8 Å². The number of amides is 1. The predicted molar refractivity (Wildman–Crippen MR) is 121 cm³/mol. The molecule has 2 fully saturated rings. The fourth-order valence-corrected chi connectivity index (χ4v) is 5.14. The van der Waals surface area contributed by atoms with Crippen LogP contribution in [0.3, 0.4) is 0 Å². The lowest BCUT2D eigenvalue weighted by molar-refractivity contribution is -0.192. The molecule has 1 saturated heterocycles. The number of nitrogens with one attached hydrogen (secondary N) is 1. The van der Waals surface area contributed by atoms with Gasteiger partial charge in [0.2, 0.25) is 5.91 Å². The molecule has 3 heterocycles. The number of carbonyl (C=O) groups is 1. The minimum atomic E-state index is -4.14.